The van der Waals surface area contributed by atoms with Crippen LogP contribution in [0.3, 0.4) is 0 Å². The SMILES string of the molecule is Cc1ccc(N(CC(=O)NCc2ccc(N3CCOCC3)cc2)S(=O)(=O)c2ccccc2)cc1Cl. The van der Waals surface area contributed by atoms with E-state index in [1.807, 2.05) is 31.2 Å². The van der Waals surface area contributed by atoms with Crippen LogP contribution in [0.25, 0.3) is 0 Å². The predicted molar refractivity (Wildman–Crippen MR) is 138 cm³/mol. The quantitative estimate of drug-likeness (QED) is 0.492. The second-order valence-corrected chi connectivity index (χ2v) is 10.6. The number of carbonyl (C=O) groups excluding carboxylic acids is 1. The molecule has 0 bridgehead atoms. The Hall–Kier alpha value is -3.07. The van der Waals surface area contributed by atoms with Gasteiger partial charge in [-0.15, -0.1) is 0 Å². The van der Waals surface area contributed by atoms with Crippen molar-refractivity contribution < 1.29 is 17.9 Å². The van der Waals surface area contributed by atoms with Crippen LogP contribution in [0.5, 0.6) is 0 Å². The summed E-state index contributed by atoms with van der Waals surface area (Å²) in [6.07, 6.45) is 0. The molecule has 35 heavy (non-hydrogen) atoms. The topological polar surface area (TPSA) is 79.0 Å². The van der Waals surface area contributed by atoms with Crippen molar-refractivity contribution in [1.82, 2.24) is 5.32 Å². The number of hydrogen-bond donors (Lipinski definition) is 1. The van der Waals surface area contributed by atoms with Gasteiger partial charge in [0, 0.05) is 30.3 Å². The summed E-state index contributed by atoms with van der Waals surface area (Å²) < 4.78 is 33.3. The number of ether oxygens (including phenoxy) is 1. The van der Waals surface area contributed by atoms with Gasteiger partial charge in [0.25, 0.3) is 10.0 Å². The number of halogens is 1. The lowest BCUT2D eigenvalue weighted by Crippen LogP contribution is -2.40. The van der Waals surface area contributed by atoms with Crippen molar-refractivity contribution in [1.29, 1.82) is 0 Å². The molecule has 1 aliphatic heterocycles. The van der Waals surface area contributed by atoms with Gasteiger partial charge in [-0.1, -0.05) is 48.0 Å². The molecule has 0 unspecified atom stereocenters. The van der Waals surface area contributed by atoms with E-state index in [1.165, 1.54) is 12.1 Å². The Bertz CT molecular complexity index is 1260. The molecule has 184 valence electrons. The lowest BCUT2D eigenvalue weighted by Gasteiger charge is -2.29. The van der Waals surface area contributed by atoms with Crippen LogP contribution < -0.4 is 14.5 Å². The van der Waals surface area contributed by atoms with Crippen molar-refractivity contribution >= 4 is 38.9 Å². The molecule has 0 saturated carbocycles. The first-order valence-corrected chi connectivity index (χ1v) is 13.2. The molecule has 1 heterocycles. The molecule has 3 aromatic rings. The maximum absolute atomic E-state index is 13.4. The first kappa shape index (κ1) is 25.0. The molecule has 1 N–H and O–H groups in total. The number of benzene rings is 3. The minimum Gasteiger partial charge on any atom is -0.378 e. The fourth-order valence-electron chi connectivity index (χ4n) is 3.80. The third-order valence-corrected chi connectivity index (χ3v) is 8.06. The third kappa shape index (κ3) is 6.14. The van der Waals surface area contributed by atoms with Crippen LogP contribution in [-0.4, -0.2) is 47.2 Å². The van der Waals surface area contributed by atoms with Gasteiger partial charge in [-0.05, 0) is 54.4 Å². The van der Waals surface area contributed by atoms with E-state index >= 15 is 0 Å². The van der Waals surface area contributed by atoms with E-state index in [0.717, 1.165) is 34.2 Å². The number of aryl methyl sites for hydroxylation is 1. The Morgan fingerprint density at radius 2 is 1.71 bits per heavy atom. The van der Waals surface area contributed by atoms with Crippen LogP contribution in [0.15, 0.2) is 77.7 Å². The second-order valence-electron chi connectivity index (χ2n) is 8.30. The summed E-state index contributed by atoms with van der Waals surface area (Å²) >= 11 is 6.27. The minimum absolute atomic E-state index is 0.100. The van der Waals surface area contributed by atoms with E-state index in [-0.39, 0.29) is 18.0 Å². The molecule has 3 aromatic carbocycles. The lowest BCUT2D eigenvalue weighted by molar-refractivity contribution is -0.119. The number of morpholine rings is 1. The molecular weight excluding hydrogens is 486 g/mol. The van der Waals surface area contributed by atoms with Gasteiger partial charge in [0.2, 0.25) is 5.91 Å². The number of sulfonamides is 1. The van der Waals surface area contributed by atoms with Crippen molar-refractivity contribution in [3.8, 4) is 0 Å². The zero-order valence-corrected chi connectivity index (χ0v) is 21.1. The first-order valence-electron chi connectivity index (χ1n) is 11.4. The largest absolute Gasteiger partial charge is 0.378 e. The number of hydrogen-bond acceptors (Lipinski definition) is 5. The molecule has 9 heteroatoms. The van der Waals surface area contributed by atoms with Crippen molar-refractivity contribution in [2.75, 3.05) is 42.1 Å². The van der Waals surface area contributed by atoms with Crippen molar-refractivity contribution in [3.05, 3.63) is 88.9 Å². The highest BCUT2D eigenvalue weighted by Crippen LogP contribution is 2.28. The lowest BCUT2D eigenvalue weighted by atomic mass is 10.2. The molecule has 0 aliphatic carbocycles. The molecule has 1 amide bonds. The van der Waals surface area contributed by atoms with E-state index in [2.05, 4.69) is 10.2 Å². The number of carbonyl (C=O) groups is 1. The van der Waals surface area contributed by atoms with Gasteiger partial charge in [-0.25, -0.2) is 8.42 Å². The van der Waals surface area contributed by atoms with Gasteiger partial charge in [-0.2, -0.15) is 0 Å². The minimum atomic E-state index is -3.98. The predicted octanol–water partition coefficient (Wildman–Crippen LogP) is 4.00. The van der Waals surface area contributed by atoms with Gasteiger partial charge in [0.05, 0.1) is 23.8 Å². The average Bonchev–Trinajstić information content (AvgIpc) is 2.89. The zero-order chi connectivity index (χ0) is 24.8. The van der Waals surface area contributed by atoms with Gasteiger partial charge in [0.1, 0.15) is 6.54 Å². The fraction of sp³-hybridized carbons (Fsp3) is 0.269. The second kappa shape index (κ2) is 11.1. The summed E-state index contributed by atoms with van der Waals surface area (Å²) in [4.78, 5) is 15.2. The van der Waals surface area contributed by atoms with Crippen LogP contribution in [0, 0.1) is 6.92 Å². The third-order valence-electron chi connectivity index (χ3n) is 5.86. The molecule has 4 rings (SSSR count). The standard InChI is InChI=1S/C26H28ClN3O4S/c1-20-7-10-23(17-25(20)27)30(35(32,33)24-5-3-2-4-6-24)19-26(31)28-18-21-8-11-22(12-9-21)29-13-15-34-16-14-29/h2-12,17H,13-16,18-19H2,1H3,(H,28,31). The van der Waals surface area contributed by atoms with Crippen LogP contribution in [0.4, 0.5) is 11.4 Å². The van der Waals surface area contributed by atoms with Gasteiger partial charge in [0.15, 0.2) is 0 Å². The molecule has 0 aromatic heterocycles. The van der Waals surface area contributed by atoms with E-state index in [4.69, 9.17) is 16.3 Å². The van der Waals surface area contributed by atoms with Crippen LogP contribution >= 0.6 is 11.6 Å². The van der Waals surface area contributed by atoms with Crippen LogP contribution in [-0.2, 0) is 26.1 Å². The van der Waals surface area contributed by atoms with Gasteiger partial charge < -0.3 is 15.0 Å². The average molecular weight is 514 g/mol. The molecular formula is C26H28ClN3O4S. The summed E-state index contributed by atoms with van der Waals surface area (Å²) in [5.41, 5.74) is 3.18. The summed E-state index contributed by atoms with van der Waals surface area (Å²) in [5, 5.41) is 3.26. The molecule has 1 aliphatic rings. The molecule has 0 spiro atoms. The maximum Gasteiger partial charge on any atom is 0.264 e. The number of nitrogens with one attached hydrogen (secondary N) is 1. The normalized spacial score (nSPS) is 13.9. The van der Waals surface area contributed by atoms with E-state index in [1.54, 1.807) is 36.4 Å². The highest BCUT2D eigenvalue weighted by Gasteiger charge is 2.27. The van der Waals surface area contributed by atoms with Crippen LogP contribution in [0.1, 0.15) is 11.1 Å². The number of amides is 1. The number of anilines is 2. The van der Waals surface area contributed by atoms with E-state index < -0.39 is 15.9 Å². The summed E-state index contributed by atoms with van der Waals surface area (Å²) in [7, 11) is -3.98. The summed E-state index contributed by atoms with van der Waals surface area (Å²) in [6, 6.07) is 21.0. The van der Waals surface area contributed by atoms with Crippen molar-refractivity contribution in [3.63, 3.8) is 0 Å². The summed E-state index contributed by atoms with van der Waals surface area (Å²) in [6.45, 7) is 4.88. The highest BCUT2D eigenvalue weighted by atomic mass is 35.5. The maximum atomic E-state index is 13.4. The Morgan fingerprint density at radius 1 is 1.03 bits per heavy atom. The van der Waals surface area contributed by atoms with Crippen molar-refractivity contribution in [2.45, 2.75) is 18.4 Å². The Kier molecular flexibility index (Phi) is 7.95. The molecule has 1 fully saturated rings. The molecule has 0 radical (unpaired) electrons. The Morgan fingerprint density at radius 3 is 2.37 bits per heavy atom. The van der Waals surface area contributed by atoms with Gasteiger partial charge in [-0.3, -0.25) is 9.10 Å². The summed E-state index contributed by atoms with van der Waals surface area (Å²) in [5.74, 6) is -0.418. The van der Waals surface area contributed by atoms with E-state index in [9.17, 15) is 13.2 Å². The smallest absolute Gasteiger partial charge is 0.264 e. The fourth-order valence-corrected chi connectivity index (χ4v) is 5.41. The van der Waals surface area contributed by atoms with Gasteiger partial charge >= 0.3 is 0 Å². The Balaban J connectivity index is 1.47. The number of rotatable bonds is 8. The van der Waals surface area contributed by atoms with Crippen LogP contribution in [0.2, 0.25) is 5.02 Å². The monoisotopic (exact) mass is 513 g/mol. The van der Waals surface area contributed by atoms with Crippen molar-refractivity contribution in [2.24, 2.45) is 0 Å². The number of nitrogens with zero attached hydrogens (tertiary/aromatic N) is 2. The Labute approximate surface area is 211 Å². The molecule has 7 nitrogen and oxygen atoms in total. The zero-order valence-electron chi connectivity index (χ0n) is 19.5. The highest BCUT2D eigenvalue weighted by molar-refractivity contribution is 7.92. The molecule has 1 saturated heterocycles. The van der Waals surface area contributed by atoms with E-state index in [0.29, 0.717) is 23.9 Å². The molecule has 0 atom stereocenters. The first-order chi connectivity index (χ1) is 16.8.